The lowest BCUT2D eigenvalue weighted by Gasteiger charge is -2.22. The van der Waals surface area contributed by atoms with E-state index in [-0.39, 0.29) is 24.9 Å². The van der Waals surface area contributed by atoms with Crippen LogP contribution in [0.4, 0.5) is 10.1 Å². The molecule has 0 atom stereocenters. The maximum atomic E-state index is 13.0. The smallest absolute Gasteiger partial charge is 0.232 e. The number of anilines is 1. The van der Waals surface area contributed by atoms with Crippen molar-refractivity contribution in [3.8, 4) is 0 Å². The van der Waals surface area contributed by atoms with Crippen molar-refractivity contribution in [1.29, 1.82) is 0 Å². The molecule has 1 aliphatic rings. The van der Waals surface area contributed by atoms with Crippen LogP contribution in [0.2, 0.25) is 0 Å². The van der Waals surface area contributed by atoms with Gasteiger partial charge in [-0.1, -0.05) is 12.8 Å². The van der Waals surface area contributed by atoms with Crippen LogP contribution in [0.5, 0.6) is 0 Å². The second-order valence-corrected chi connectivity index (χ2v) is 7.52. The van der Waals surface area contributed by atoms with Crippen LogP contribution in [0.25, 0.3) is 0 Å². The lowest BCUT2D eigenvalue weighted by molar-refractivity contribution is -0.121. The first-order valence-corrected chi connectivity index (χ1v) is 9.24. The normalized spacial score (nSPS) is 15.7. The summed E-state index contributed by atoms with van der Waals surface area (Å²) in [5.41, 5.74) is 0.359. The van der Waals surface area contributed by atoms with E-state index in [1.807, 2.05) is 0 Å². The van der Waals surface area contributed by atoms with Crippen molar-refractivity contribution in [2.45, 2.75) is 38.1 Å². The second kappa shape index (κ2) is 7.09. The Labute approximate surface area is 130 Å². The Morgan fingerprint density at radius 3 is 2.41 bits per heavy atom. The monoisotopic (exact) mass is 328 g/mol. The quantitative estimate of drug-likeness (QED) is 0.869. The van der Waals surface area contributed by atoms with Crippen LogP contribution in [0, 0.1) is 5.82 Å². The van der Waals surface area contributed by atoms with E-state index in [4.69, 9.17) is 0 Å². The zero-order valence-corrected chi connectivity index (χ0v) is 13.4. The summed E-state index contributed by atoms with van der Waals surface area (Å²) in [7, 11) is -3.52. The van der Waals surface area contributed by atoms with E-state index in [0.717, 1.165) is 36.2 Å². The maximum Gasteiger partial charge on any atom is 0.232 e. The third-order valence-electron chi connectivity index (χ3n) is 3.78. The van der Waals surface area contributed by atoms with Crippen molar-refractivity contribution in [1.82, 2.24) is 5.32 Å². The SMILES string of the molecule is CS(=O)(=O)N(CCC(=O)NC1CCCC1)c1ccc(F)cc1. The third kappa shape index (κ3) is 4.69. The molecule has 1 aromatic rings. The summed E-state index contributed by atoms with van der Waals surface area (Å²) in [5.74, 6) is -0.584. The molecule has 0 spiro atoms. The Morgan fingerprint density at radius 2 is 1.86 bits per heavy atom. The van der Waals surface area contributed by atoms with Crippen LogP contribution in [0.15, 0.2) is 24.3 Å². The highest BCUT2D eigenvalue weighted by atomic mass is 32.2. The van der Waals surface area contributed by atoms with Gasteiger partial charge in [-0.05, 0) is 37.1 Å². The van der Waals surface area contributed by atoms with Gasteiger partial charge in [0.2, 0.25) is 15.9 Å². The van der Waals surface area contributed by atoms with E-state index < -0.39 is 15.8 Å². The fourth-order valence-corrected chi connectivity index (χ4v) is 3.59. The molecular weight excluding hydrogens is 307 g/mol. The van der Waals surface area contributed by atoms with Gasteiger partial charge in [0, 0.05) is 19.0 Å². The lowest BCUT2D eigenvalue weighted by Crippen LogP contribution is -2.37. The van der Waals surface area contributed by atoms with Gasteiger partial charge in [0.15, 0.2) is 0 Å². The van der Waals surface area contributed by atoms with Crippen LogP contribution in [0.1, 0.15) is 32.1 Å². The second-order valence-electron chi connectivity index (χ2n) is 5.61. The van der Waals surface area contributed by atoms with Crippen LogP contribution in [-0.2, 0) is 14.8 Å². The van der Waals surface area contributed by atoms with E-state index in [1.165, 1.54) is 24.3 Å². The fourth-order valence-electron chi connectivity index (χ4n) is 2.67. The number of rotatable bonds is 6. The summed E-state index contributed by atoms with van der Waals surface area (Å²) in [6.07, 6.45) is 5.37. The molecule has 5 nitrogen and oxygen atoms in total. The van der Waals surface area contributed by atoms with Gasteiger partial charge in [0.25, 0.3) is 0 Å². The van der Waals surface area contributed by atoms with Gasteiger partial charge in [0.1, 0.15) is 5.82 Å². The minimum absolute atomic E-state index is 0.0447. The zero-order valence-electron chi connectivity index (χ0n) is 12.6. The highest BCUT2D eigenvalue weighted by Crippen LogP contribution is 2.19. The van der Waals surface area contributed by atoms with Crippen molar-refractivity contribution < 1.29 is 17.6 Å². The molecular formula is C15H21FN2O3S. The largest absolute Gasteiger partial charge is 0.353 e. The zero-order chi connectivity index (χ0) is 16.2. The number of hydrogen-bond donors (Lipinski definition) is 1. The predicted octanol–water partition coefficient (Wildman–Crippen LogP) is 2.04. The number of amides is 1. The van der Waals surface area contributed by atoms with E-state index in [9.17, 15) is 17.6 Å². The highest BCUT2D eigenvalue weighted by Gasteiger charge is 2.21. The van der Waals surface area contributed by atoms with Crippen molar-refractivity contribution in [3.05, 3.63) is 30.1 Å². The summed E-state index contributed by atoms with van der Waals surface area (Å²) in [6.45, 7) is 0.0447. The highest BCUT2D eigenvalue weighted by molar-refractivity contribution is 7.92. The van der Waals surface area contributed by atoms with Gasteiger partial charge in [-0.2, -0.15) is 0 Å². The van der Waals surface area contributed by atoms with Crippen molar-refractivity contribution >= 4 is 21.6 Å². The number of hydrogen-bond acceptors (Lipinski definition) is 3. The number of halogens is 1. The van der Waals surface area contributed by atoms with Gasteiger partial charge < -0.3 is 5.32 Å². The molecule has 1 amide bonds. The summed E-state index contributed by atoms with van der Waals surface area (Å²) >= 11 is 0. The van der Waals surface area contributed by atoms with E-state index in [2.05, 4.69) is 5.32 Å². The Hall–Kier alpha value is -1.63. The Bertz CT molecular complexity index is 610. The number of nitrogens with zero attached hydrogens (tertiary/aromatic N) is 1. The molecule has 0 bridgehead atoms. The number of sulfonamides is 1. The molecule has 1 saturated carbocycles. The summed E-state index contributed by atoms with van der Waals surface area (Å²) in [5, 5.41) is 2.93. The first-order valence-electron chi connectivity index (χ1n) is 7.39. The third-order valence-corrected chi connectivity index (χ3v) is 4.97. The average Bonchev–Trinajstić information content (AvgIpc) is 2.92. The molecule has 0 unspecified atom stereocenters. The van der Waals surface area contributed by atoms with Gasteiger partial charge in [-0.15, -0.1) is 0 Å². The van der Waals surface area contributed by atoms with Crippen LogP contribution >= 0.6 is 0 Å². The van der Waals surface area contributed by atoms with Crippen molar-refractivity contribution in [2.75, 3.05) is 17.1 Å². The lowest BCUT2D eigenvalue weighted by atomic mass is 10.2. The van der Waals surface area contributed by atoms with Crippen molar-refractivity contribution in [3.63, 3.8) is 0 Å². The molecule has 2 rings (SSSR count). The molecule has 0 aromatic heterocycles. The van der Waals surface area contributed by atoms with Gasteiger partial charge in [0.05, 0.1) is 11.9 Å². The number of benzene rings is 1. The number of carbonyl (C=O) groups excluding carboxylic acids is 1. The topological polar surface area (TPSA) is 66.5 Å². The number of nitrogens with one attached hydrogen (secondary N) is 1. The van der Waals surface area contributed by atoms with E-state index >= 15 is 0 Å². The van der Waals surface area contributed by atoms with Crippen LogP contribution in [0.3, 0.4) is 0 Å². The molecule has 1 N–H and O–H groups in total. The van der Waals surface area contributed by atoms with Gasteiger partial charge >= 0.3 is 0 Å². The van der Waals surface area contributed by atoms with Crippen LogP contribution in [-0.4, -0.2) is 33.2 Å². The first-order chi connectivity index (χ1) is 10.4. The van der Waals surface area contributed by atoms with Crippen LogP contribution < -0.4 is 9.62 Å². The molecule has 0 saturated heterocycles. The van der Waals surface area contributed by atoms with Gasteiger partial charge in [-0.25, -0.2) is 12.8 Å². The van der Waals surface area contributed by atoms with E-state index in [0.29, 0.717) is 5.69 Å². The van der Waals surface area contributed by atoms with Gasteiger partial charge in [-0.3, -0.25) is 9.10 Å². The summed E-state index contributed by atoms with van der Waals surface area (Å²) in [6, 6.07) is 5.40. The standard InChI is InChI=1S/C15H21FN2O3S/c1-22(20,21)18(14-8-6-12(16)7-9-14)11-10-15(19)17-13-4-2-3-5-13/h6-9,13H,2-5,10-11H2,1H3,(H,17,19). The van der Waals surface area contributed by atoms with E-state index in [1.54, 1.807) is 0 Å². The molecule has 0 heterocycles. The summed E-state index contributed by atoms with van der Waals surface area (Å²) in [4.78, 5) is 11.9. The Morgan fingerprint density at radius 1 is 1.27 bits per heavy atom. The summed E-state index contributed by atoms with van der Waals surface area (Å²) < 4.78 is 37.8. The molecule has 22 heavy (non-hydrogen) atoms. The fraction of sp³-hybridized carbons (Fsp3) is 0.533. The average molecular weight is 328 g/mol. The predicted molar refractivity (Wildman–Crippen MR) is 83.6 cm³/mol. The number of carbonyl (C=O) groups is 1. The van der Waals surface area contributed by atoms with Crippen molar-refractivity contribution in [2.24, 2.45) is 0 Å². The molecule has 0 aliphatic heterocycles. The minimum Gasteiger partial charge on any atom is -0.353 e. The molecule has 122 valence electrons. The minimum atomic E-state index is -3.52. The molecule has 0 radical (unpaired) electrons. The molecule has 7 heteroatoms. The maximum absolute atomic E-state index is 13.0. The Balaban J connectivity index is 1.98. The molecule has 1 aliphatic carbocycles. The first kappa shape index (κ1) is 16.7. The molecule has 1 fully saturated rings. The Kier molecular flexibility index (Phi) is 5.39. The molecule has 1 aromatic carbocycles.